The van der Waals surface area contributed by atoms with Crippen LogP contribution in [0.2, 0.25) is 13.1 Å². The maximum atomic E-state index is 8.69. The quantitative estimate of drug-likeness (QED) is 0.173. The molecule has 0 saturated carbocycles. The second-order valence-electron chi connectivity index (χ2n) is 14.4. The van der Waals surface area contributed by atoms with E-state index in [9.17, 15) is 0 Å². The predicted octanol–water partition coefficient (Wildman–Crippen LogP) is 13.4. The van der Waals surface area contributed by atoms with E-state index >= 15 is 0 Å². The molecule has 3 aromatic carbocycles. The van der Waals surface area contributed by atoms with E-state index in [2.05, 4.69) is 134 Å². The van der Waals surface area contributed by atoms with Gasteiger partial charge in [0.1, 0.15) is 0 Å². The third-order valence-electron chi connectivity index (χ3n) is 11.2. The summed E-state index contributed by atoms with van der Waals surface area (Å²) < 4.78 is 0.300. The zero-order chi connectivity index (χ0) is 32.0. The van der Waals surface area contributed by atoms with E-state index in [0.717, 1.165) is 12.8 Å². The van der Waals surface area contributed by atoms with Crippen LogP contribution in [-0.2, 0) is 15.6 Å². The van der Waals surface area contributed by atoms with Crippen molar-refractivity contribution >= 4 is 35.1 Å². The van der Waals surface area contributed by atoms with Gasteiger partial charge in [-0.1, -0.05) is 0 Å². The normalized spacial score (nSPS) is 20.2. The van der Waals surface area contributed by atoms with Crippen LogP contribution in [0.15, 0.2) is 71.8 Å². The van der Waals surface area contributed by atoms with Gasteiger partial charge in [0.05, 0.1) is 0 Å². The van der Waals surface area contributed by atoms with Gasteiger partial charge in [0, 0.05) is 0 Å². The van der Waals surface area contributed by atoms with E-state index in [1.165, 1.54) is 68.5 Å². The van der Waals surface area contributed by atoms with Gasteiger partial charge in [0.15, 0.2) is 0 Å². The standard InChI is InChI=1S/C20H21.C18H25.C2H7Si.2ClH.Zr/c1-4-15-12-18-6-5-7-19(20(18)13-15)17-10-8-16(9-11-17)14(2)3;1-5-8-14(4)16-11-15-9-7-10-17(13(3)6-2)18(15)12-16;1-3-2;;;/h5-14H,4H2,1-3H3;7,9-14H,5-6,8H2,1-4H3;3H,1-2H3;2*1H;/q;;;;;+2/p-2. The first-order chi connectivity index (χ1) is 20.9. The Labute approximate surface area is 277 Å². The van der Waals surface area contributed by atoms with Crippen molar-refractivity contribution in [3.8, 4) is 11.1 Å². The van der Waals surface area contributed by atoms with E-state index < -0.39 is 21.5 Å². The van der Waals surface area contributed by atoms with Gasteiger partial charge in [0.25, 0.3) is 0 Å². The van der Waals surface area contributed by atoms with E-state index in [4.69, 9.17) is 17.0 Å². The molecule has 0 fully saturated rings. The fourth-order valence-electron chi connectivity index (χ4n) is 8.30. The van der Waals surface area contributed by atoms with Crippen LogP contribution in [0.1, 0.15) is 127 Å². The summed E-state index contributed by atoms with van der Waals surface area (Å²) in [5, 5.41) is 0. The van der Waals surface area contributed by atoms with Crippen molar-refractivity contribution in [2.45, 2.75) is 106 Å². The molecule has 2 aliphatic rings. The van der Waals surface area contributed by atoms with Crippen molar-refractivity contribution in [3.63, 3.8) is 0 Å². The van der Waals surface area contributed by atoms with Gasteiger partial charge in [-0.3, -0.25) is 0 Å². The Kier molecular flexibility index (Phi) is 10.2. The molecule has 4 unspecified atom stereocenters. The van der Waals surface area contributed by atoms with E-state index in [1.54, 1.807) is 0 Å². The van der Waals surface area contributed by atoms with Gasteiger partial charge in [-0.15, -0.1) is 0 Å². The molecule has 2 aliphatic carbocycles. The molecule has 0 radical (unpaired) electrons. The van der Waals surface area contributed by atoms with Crippen molar-refractivity contribution in [1.82, 2.24) is 0 Å². The Bertz CT molecular complexity index is 1580. The third kappa shape index (κ3) is 5.57. The molecule has 0 N–H and O–H groups in total. The molecule has 0 aliphatic heterocycles. The molecular weight excluding hydrogens is 671 g/mol. The van der Waals surface area contributed by atoms with Crippen LogP contribution in [0.25, 0.3) is 23.3 Å². The number of rotatable bonds is 11. The molecule has 44 heavy (non-hydrogen) atoms. The summed E-state index contributed by atoms with van der Waals surface area (Å²) in [5.74, 6) is -0.101. The Morgan fingerprint density at radius 1 is 0.750 bits per heavy atom. The fraction of sp³-hybridized carbons (Fsp3) is 0.450. The first-order valence-electron chi connectivity index (χ1n) is 17.2. The van der Waals surface area contributed by atoms with Crippen molar-refractivity contribution in [2.75, 3.05) is 0 Å². The molecular formula is C40H53Cl2SiZr. The minimum absolute atomic E-state index is 0.141. The Morgan fingerprint density at radius 3 is 1.95 bits per heavy atom. The molecule has 0 bridgehead atoms. The molecule has 235 valence electrons. The number of benzene rings is 3. The number of halogens is 2. The first kappa shape index (κ1) is 34.2. The third-order valence-corrected chi connectivity index (χ3v) is 63.0. The minimum atomic E-state index is -4.77. The maximum absolute atomic E-state index is 8.69. The van der Waals surface area contributed by atoms with Crippen molar-refractivity contribution < 1.29 is 15.6 Å². The zero-order valence-corrected chi connectivity index (χ0v) is 33.6. The van der Waals surface area contributed by atoms with Crippen molar-refractivity contribution in [2.24, 2.45) is 5.92 Å². The first-order valence-corrected chi connectivity index (χ1v) is 33.5. The summed E-state index contributed by atoms with van der Waals surface area (Å²) in [4.78, 5) is 0. The van der Waals surface area contributed by atoms with Gasteiger partial charge in [-0.25, -0.2) is 0 Å². The summed E-state index contributed by atoms with van der Waals surface area (Å²) >= 11 is -4.77. The van der Waals surface area contributed by atoms with E-state index in [1.807, 2.05) is 0 Å². The van der Waals surface area contributed by atoms with E-state index in [-0.39, 0.29) is 7.25 Å². The topological polar surface area (TPSA) is 0 Å². The molecule has 4 atom stereocenters. The molecule has 0 nitrogen and oxygen atoms in total. The van der Waals surface area contributed by atoms with Crippen LogP contribution in [0.5, 0.6) is 0 Å². The molecule has 0 aromatic heterocycles. The second kappa shape index (κ2) is 13.1. The molecule has 5 rings (SSSR count). The predicted molar refractivity (Wildman–Crippen MR) is 197 cm³/mol. The number of allylic oxidation sites excluding steroid dienone is 2. The van der Waals surface area contributed by atoms with Gasteiger partial charge >= 0.3 is 279 Å². The van der Waals surface area contributed by atoms with Gasteiger partial charge < -0.3 is 0 Å². The molecule has 0 saturated heterocycles. The van der Waals surface area contributed by atoms with E-state index in [0.29, 0.717) is 17.8 Å². The summed E-state index contributed by atoms with van der Waals surface area (Å²) in [7, 11) is 17.4. The summed E-state index contributed by atoms with van der Waals surface area (Å²) in [6.07, 6.45) is 9.50. The number of fused-ring (bicyclic) bond motifs is 2. The molecule has 0 heterocycles. The molecule has 0 spiro atoms. The molecule has 4 heteroatoms. The molecule has 0 amide bonds. The summed E-state index contributed by atoms with van der Waals surface area (Å²) in [6.45, 7) is 21.2. The van der Waals surface area contributed by atoms with Gasteiger partial charge in [-0.2, -0.15) is 0 Å². The zero-order valence-electron chi connectivity index (χ0n) is 28.5. The average molecular weight is 724 g/mol. The Morgan fingerprint density at radius 2 is 1.39 bits per heavy atom. The van der Waals surface area contributed by atoms with Crippen LogP contribution in [0.4, 0.5) is 0 Å². The summed E-state index contributed by atoms with van der Waals surface area (Å²) in [5.41, 5.74) is 14.0. The second-order valence-corrected chi connectivity index (χ2v) is 56.9. The number of hydrogen-bond donors (Lipinski definition) is 0. The van der Waals surface area contributed by atoms with Crippen LogP contribution in [0, 0.1) is 5.92 Å². The Balaban J connectivity index is 1.75. The fourth-order valence-corrected chi connectivity index (χ4v) is 39.8. The van der Waals surface area contributed by atoms with Crippen LogP contribution < -0.4 is 0 Å². The van der Waals surface area contributed by atoms with Crippen LogP contribution >= 0.6 is 17.0 Å². The molecule has 3 aromatic rings. The van der Waals surface area contributed by atoms with Crippen molar-refractivity contribution in [1.29, 1.82) is 0 Å². The van der Waals surface area contributed by atoms with Crippen molar-refractivity contribution in [3.05, 3.63) is 105 Å². The Hall–Kier alpha value is -1.18. The van der Waals surface area contributed by atoms with Crippen LogP contribution in [-0.4, -0.2) is 5.92 Å². The average Bonchev–Trinajstić information content (AvgIpc) is 3.61. The SMILES string of the molecule is CCCC(C)C1=Cc2c(C(C)CC)cccc2[CH]1[Zr]([Cl])([Cl])([CH]1C(CC)=Cc2c(-c3ccc(C(C)C)cc3)cccc21)[SiH](C)C. The van der Waals surface area contributed by atoms with Gasteiger partial charge in [-0.05, 0) is 0 Å². The van der Waals surface area contributed by atoms with Crippen LogP contribution in [0.3, 0.4) is 0 Å². The monoisotopic (exact) mass is 721 g/mol. The number of hydrogen-bond acceptors (Lipinski definition) is 0. The summed E-state index contributed by atoms with van der Waals surface area (Å²) in [6, 6.07) is 23.2. The van der Waals surface area contributed by atoms with Gasteiger partial charge in [0.2, 0.25) is 0 Å².